The van der Waals surface area contributed by atoms with Crippen molar-refractivity contribution in [3.63, 3.8) is 0 Å². The van der Waals surface area contributed by atoms with Gasteiger partial charge in [0.25, 0.3) is 0 Å². The molecule has 40 heavy (non-hydrogen) atoms. The number of aromatic amines is 1. The van der Waals surface area contributed by atoms with E-state index < -0.39 is 72.1 Å². The molecule has 0 aromatic carbocycles. The minimum absolute atomic E-state index is 0.216. The van der Waals surface area contributed by atoms with Gasteiger partial charge < -0.3 is 39.5 Å². The van der Waals surface area contributed by atoms with Crippen molar-refractivity contribution in [1.82, 2.24) is 4.98 Å². The van der Waals surface area contributed by atoms with Crippen LogP contribution in [0.1, 0.15) is 44.6 Å². The first-order chi connectivity index (χ1) is 19.0. The van der Waals surface area contributed by atoms with Gasteiger partial charge in [-0.15, -0.1) is 0 Å². The third-order valence-electron chi connectivity index (χ3n) is 9.23. The van der Waals surface area contributed by atoms with Crippen LogP contribution >= 0.6 is 0 Å². The minimum atomic E-state index is -0.994. The molecule has 11 heteroatoms. The molecule has 1 aromatic rings. The molecule has 1 aromatic heterocycles. The molecule has 1 spiro atoms. The molecule has 1 saturated heterocycles. The van der Waals surface area contributed by atoms with Crippen molar-refractivity contribution in [3.05, 3.63) is 47.8 Å². The van der Waals surface area contributed by atoms with E-state index in [9.17, 15) is 19.5 Å². The second-order valence-electron chi connectivity index (χ2n) is 11.5. The van der Waals surface area contributed by atoms with Crippen LogP contribution in [0, 0.1) is 29.6 Å². The summed E-state index contributed by atoms with van der Waals surface area (Å²) < 4.78 is 29.5. The number of primary amides is 1. The van der Waals surface area contributed by atoms with Gasteiger partial charge in [-0.3, -0.25) is 0 Å². The zero-order chi connectivity index (χ0) is 28.9. The Kier molecular flexibility index (Phi) is 7.58. The predicted octanol–water partition coefficient (Wildman–Crippen LogP) is 2.50. The summed E-state index contributed by atoms with van der Waals surface area (Å²) in [5.74, 6) is -2.83. The molecule has 4 bridgehead atoms. The predicted molar refractivity (Wildman–Crippen MR) is 141 cm³/mol. The fraction of sp³-hybridized carbons (Fsp3) is 0.621. The Balaban J connectivity index is 1.56. The monoisotopic (exact) mass is 558 g/mol. The van der Waals surface area contributed by atoms with E-state index in [0.717, 1.165) is 5.57 Å². The number of hydrogen-bond acceptors (Lipinski definition) is 9. The minimum Gasteiger partial charge on any atom is -0.456 e. The fourth-order valence-corrected chi connectivity index (χ4v) is 7.38. The molecular weight excluding hydrogens is 520 g/mol. The molecular formula is C29H38N2O9. The number of amides is 1. The molecule has 4 N–H and O–H groups in total. The largest absolute Gasteiger partial charge is 0.456 e. The summed E-state index contributed by atoms with van der Waals surface area (Å²) >= 11 is 0. The van der Waals surface area contributed by atoms with Gasteiger partial charge in [-0.25, -0.2) is 14.4 Å². The van der Waals surface area contributed by atoms with Crippen LogP contribution in [0.3, 0.4) is 0 Å². The third-order valence-corrected chi connectivity index (χ3v) is 9.23. The van der Waals surface area contributed by atoms with Crippen LogP contribution in [-0.2, 0) is 28.5 Å². The first-order valence-corrected chi connectivity index (χ1v) is 13.8. The lowest BCUT2D eigenvalue weighted by atomic mass is 9.57. The van der Waals surface area contributed by atoms with Crippen LogP contribution in [0.25, 0.3) is 0 Å². The van der Waals surface area contributed by atoms with Gasteiger partial charge in [0, 0.05) is 42.9 Å². The van der Waals surface area contributed by atoms with Crippen molar-refractivity contribution < 1.29 is 43.2 Å². The number of carbonyl (C=O) groups excluding carboxylic acids is 3. The standard InChI is InChI=1S/C29H38N2O9/c1-13-11-14(2)29-17(12-20(36-5)27(34)38-23(13)16(4)37-28(30)35)8-9-18-21(29)22(32)15(3)24(25(18)40-29)39-26(33)19-7-6-10-31-19/h6-11,13,15-18,20-25,31-32H,12H2,1-5H3,(H2,30,35)/b14-11+/t13-,15-,16-,17-,18-,20+,21+,22-,23+,24-,25-,29+/m1/s1. The summed E-state index contributed by atoms with van der Waals surface area (Å²) in [6, 6.07) is 3.35. The van der Waals surface area contributed by atoms with Gasteiger partial charge in [-0.1, -0.05) is 32.1 Å². The molecule has 12 atom stereocenters. The Morgan fingerprint density at radius 2 is 2.02 bits per heavy atom. The molecule has 0 unspecified atom stereocenters. The maximum Gasteiger partial charge on any atom is 0.404 e. The fourth-order valence-electron chi connectivity index (χ4n) is 7.38. The number of aliphatic hydroxyl groups is 1. The van der Waals surface area contributed by atoms with Crippen LogP contribution in [-0.4, -0.2) is 77.5 Å². The lowest BCUT2D eigenvalue weighted by Gasteiger charge is -2.48. The second kappa shape index (κ2) is 10.7. The summed E-state index contributed by atoms with van der Waals surface area (Å²) in [6.45, 7) is 7.28. The van der Waals surface area contributed by atoms with Crippen molar-refractivity contribution in [2.75, 3.05) is 7.11 Å². The summed E-state index contributed by atoms with van der Waals surface area (Å²) in [4.78, 5) is 40.6. The number of aromatic nitrogens is 1. The SMILES string of the molecule is CO[C@H]1C[C@H]2C=C[C@H]3[C@H]4O[C@]2(/C(C)=C/[C@@H](C)[C@@H]([C@@H](C)OC(N)=O)OC1=O)[C@@H]3[C@H](O)[C@@H](C)[C@H]4OC(=O)c1ccc[nH]1. The van der Waals surface area contributed by atoms with Crippen LogP contribution < -0.4 is 5.73 Å². The van der Waals surface area contributed by atoms with Crippen LogP contribution in [0.5, 0.6) is 0 Å². The smallest absolute Gasteiger partial charge is 0.404 e. The van der Waals surface area contributed by atoms with E-state index in [1.54, 1.807) is 25.3 Å². The molecule has 11 nitrogen and oxygen atoms in total. The first kappa shape index (κ1) is 28.4. The van der Waals surface area contributed by atoms with Gasteiger partial charge in [0.05, 0.1) is 6.10 Å². The van der Waals surface area contributed by atoms with Gasteiger partial charge in [-0.05, 0) is 38.0 Å². The van der Waals surface area contributed by atoms with Crippen molar-refractivity contribution in [3.8, 4) is 0 Å². The van der Waals surface area contributed by atoms with Crippen LogP contribution in [0.2, 0.25) is 0 Å². The summed E-state index contributed by atoms with van der Waals surface area (Å²) in [6.07, 6.45) is 2.22. The number of H-pyrrole nitrogens is 1. The molecule has 1 saturated carbocycles. The maximum atomic E-state index is 13.3. The number of aliphatic hydroxyl groups excluding tert-OH is 1. The van der Waals surface area contributed by atoms with Gasteiger partial charge in [0.15, 0.2) is 6.10 Å². The van der Waals surface area contributed by atoms with Gasteiger partial charge in [-0.2, -0.15) is 0 Å². The zero-order valence-corrected chi connectivity index (χ0v) is 23.3. The van der Waals surface area contributed by atoms with Crippen LogP contribution in [0.4, 0.5) is 4.79 Å². The number of esters is 2. The van der Waals surface area contributed by atoms with E-state index in [1.807, 2.05) is 39.0 Å². The van der Waals surface area contributed by atoms with Crippen molar-refractivity contribution in [2.45, 2.75) is 76.3 Å². The van der Waals surface area contributed by atoms with E-state index in [-0.39, 0.29) is 24.2 Å². The third kappa shape index (κ3) is 4.53. The van der Waals surface area contributed by atoms with Gasteiger partial charge in [0.1, 0.15) is 35.7 Å². The van der Waals surface area contributed by atoms with Crippen molar-refractivity contribution in [2.24, 2.45) is 35.3 Å². The van der Waals surface area contributed by atoms with E-state index in [0.29, 0.717) is 5.69 Å². The Bertz CT molecular complexity index is 1200. The van der Waals surface area contributed by atoms with E-state index in [1.165, 1.54) is 7.11 Å². The van der Waals surface area contributed by atoms with Crippen molar-refractivity contribution in [1.29, 1.82) is 0 Å². The first-order valence-electron chi connectivity index (χ1n) is 13.8. The lowest BCUT2D eigenvalue weighted by Crippen LogP contribution is -2.57. The van der Waals surface area contributed by atoms with E-state index >= 15 is 0 Å². The molecule has 2 fully saturated rings. The Labute approximate surface area is 233 Å². The molecule has 3 heterocycles. The number of methoxy groups -OCH3 is 1. The average Bonchev–Trinajstić information content (AvgIpc) is 3.50. The number of nitrogens with two attached hydrogens (primary N) is 1. The molecule has 218 valence electrons. The second-order valence-corrected chi connectivity index (χ2v) is 11.5. The highest BCUT2D eigenvalue weighted by Crippen LogP contribution is 2.61. The summed E-state index contributed by atoms with van der Waals surface area (Å²) in [5.41, 5.74) is 5.42. The van der Waals surface area contributed by atoms with Gasteiger partial charge >= 0.3 is 18.0 Å². The normalized spacial score (nSPS) is 42.5. The summed E-state index contributed by atoms with van der Waals surface area (Å²) in [7, 11) is 1.44. The van der Waals surface area contributed by atoms with Gasteiger partial charge in [0.2, 0.25) is 0 Å². The molecule has 0 radical (unpaired) electrons. The highest BCUT2D eigenvalue weighted by atomic mass is 16.6. The number of rotatable bonds is 5. The highest BCUT2D eigenvalue weighted by molar-refractivity contribution is 5.87. The Morgan fingerprint density at radius 3 is 2.67 bits per heavy atom. The molecule has 5 rings (SSSR count). The molecule has 2 aliphatic carbocycles. The lowest BCUT2D eigenvalue weighted by molar-refractivity contribution is -0.172. The average molecular weight is 559 g/mol. The molecule has 2 aliphatic heterocycles. The number of nitrogens with one attached hydrogen (secondary N) is 1. The number of hydrogen-bond donors (Lipinski definition) is 3. The van der Waals surface area contributed by atoms with E-state index in [4.69, 9.17) is 29.4 Å². The number of ether oxygens (including phenoxy) is 5. The topological polar surface area (TPSA) is 159 Å². The Hall–Kier alpha value is -3.15. The van der Waals surface area contributed by atoms with Crippen LogP contribution in [0.15, 0.2) is 42.1 Å². The molecule has 1 amide bonds. The van der Waals surface area contributed by atoms with Crippen molar-refractivity contribution >= 4 is 18.0 Å². The molecule has 4 aliphatic rings. The Morgan fingerprint density at radius 1 is 1.27 bits per heavy atom. The quantitative estimate of drug-likeness (QED) is 0.280. The van der Waals surface area contributed by atoms with E-state index in [2.05, 4.69) is 4.98 Å². The number of carbonyl (C=O) groups is 3. The summed E-state index contributed by atoms with van der Waals surface area (Å²) in [5, 5.41) is 11.8. The number of cyclic esters (lactones) is 1. The maximum absolute atomic E-state index is 13.3. The highest BCUT2D eigenvalue weighted by Gasteiger charge is 2.69. The zero-order valence-electron chi connectivity index (χ0n) is 23.3.